The van der Waals surface area contributed by atoms with Crippen molar-refractivity contribution in [2.45, 2.75) is 59.0 Å². The number of anilines is 2. The van der Waals surface area contributed by atoms with Crippen LogP contribution in [0.3, 0.4) is 0 Å². The van der Waals surface area contributed by atoms with Gasteiger partial charge in [-0.05, 0) is 76.8 Å². The van der Waals surface area contributed by atoms with Gasteiger partial charge in [-0.15, -0.1) is 0 Å². The first-order valence-electron chi connectivity index (χ1n) is 12.1. The number of rotatable bonds is 6. The largest absolute Gasteiger partial charge is 0.444 e. The molecule has 178 valence electrons. The van der Waals surface area contributed by atoms with Gasteiger partial charge in [0, 0.05) is 57.1 Å². The molecule has 0 bridgehead atoms. The molecular formula is C25H40N4O3. The highest BCUT2D eigenvalue weighted by Crippen LogP contribution is 2.24. The highest BCUT2D eigenvalue weighted by molar-refractivity contribution is 5.90. The molecule has 2 aliphatic rings. The van der Waals surface area contributed by atoms with E-state index < -0.39 is 5.60 Å². The first kappa shape index (κ1) is 24.4. The number of amides is 2. The van der Waals surface area contributed by atoms with E-state index in [4.69, 9.17) is 4.74 Å². The zero-order valence-corrected chi connectivity index (χ0v) is 20.2. The summed E-state index contributed by atoms with van der Waals surface area (Å²) in [5.74, 6) is 0.736. The maximum Gasteiger partial charge on any atom is 0.410 e. The zero-order chi connectivity index (χ0) is 23.1. The summed E-state index contributed by atoms with van der Waals surface area (Å²) in [5.41, 5.74) is 1.65. The highest BCUT2D eigenvalue weighted by atomic mass is 16.6. The van der Waals surface area contributed by atoms with Gasteiger partial charge >= 0.3 is 6.09 Å². The summed E-state index contributed by atoms with van der Waals surface area (Å²) in [7, 11) is 0. The Kier molecular flexibility index (Phi) is 8.40. The standard InChI is InChI=1S/C25H40N4O3/c1-5-23(30)26-21-6-8-22(9-7-21)28-18-16-27(17-19-28)13-10-20-11-14-29(15-12-20)24(31)32-25(2,3)4/h6-9,20H,5,10-19H2,1-4H3,(H,26,30). The number of carbonyl (C=O) groups excluding carboxylic acids is 2. The molecule has 0 aliphatic carbocycles. The molecule has 2 aliphatic heterocycles. The number of ether oxygens (including phenoxy) is 1. The van der Waals surface area contributed by atoms with Gasteiger partial charge in [-0.3, -0.25) is 9.69 Å². The van der Waals surface area contributed by atoms with Crippen molar-refractivity contribution in [1.82, 2.24) is 9.80 Å². The highest BCUT2D eigenvalue weighted by Gasteiger charge is 2.27. The minimum absolute atomic E-state index is 0.0434. The Balaban J connectivity index is 1.34. The smallest absolute Gasteiger partial charge is 0.410 e. The molecule has 0 atom stereocenters. The van der Waals surface area contributed by atoms with E-state index in [9.17, 15) is 9.59 Å². The average Bonchev–Trinajstić information content (AvgIpc) is 2.78. The SMILES string of the molecule is CCC(=O)Nc1ccc(N2CCN(CCC3CCN(C(=O)OC(C)(C)C)CC3)CC2)cc1. The van der Waals surface area contributed by atoms with E-state index in [1.165, 1.54) is 12.1 Å². The van der Waals surface area contributed by atoms with Gasteiger partial charge in [-0.1, -0.05) is 6.92 Å². The summed E-state index contributed by atoms with van der Waals surface area (Å²) in [4.78, 5) is 30.6. The van der Waals surface area contributed by atoms with Gasteiger partial charge < -0.3 is 19.9 Å². The number of nitrogens with one attached hydrogen (secondary N) is 1. The van der Waals surface area contributed by atoms with E-state index in [1.54, 1.807) is 0 Å². The normalized spacial score (nSPS) is 18.5. The van der Waals surface area contributed by atoms with Gasteiger partial charge in [-0.25, -0.2) is 4.79 Å². The van der Waals surface area contributed by atoms with Gasteiger partial charge in [0.15, 0.2) is 0 Å². The average molecular weight is 445 g/mol. The molecule has 3 rings (SSSR count). The second-order valence-electron chi connectivity index (χ2n) is 9.98. The lowest BCUT2D eigenvalue weighted by Gasteiger charge is -2.38. The number of likely N-dealkylation sites (tertiary alicyclic amines) is 1. The molecule has 2 fully saturated rings. The van der Waals surface area contributed by atoms with Crippen LogP contribution in [0.25, 0.3) is 0 Å². The first-order chi connectivity index (χ1) is 15.2. The van der Waals surface area contributed by atoms with Crippen molar-refractivity contribution in [2.75, 3.05) is 56.0 Å². The van der Waals surface area contributed by atoms with Crippen molar-refractivity contribution in [1.29, 1.82) is 0 Å². The van der Waals surface area contributed by atoms with Gasteiger partial charge in [0.25, 0.3) is 0 Å². The number of benzene rings is 1. The van der Waals surface area contributed by atoms with Crippen LogP contribution in [-0.4, -0.2) is 73.2 Å². The lowest BCUT2D eigenvalue weighted by molar-refractivity contribution is -0.115. The summed E-state index contributed by atoms with van der Waals surface area (Å²) >= 11 is 0. The van der Waals surface area contributed by atoms with Crippen molar-refractivity contribution >= 4 is 23.4 Å². The number of carbonyl (C=O) groups is 2. The fraction of sp³-hybridized carbons (Fsp3) is 0.680. The molecule has 0 radical (unpaired) electrons. The molecule has 2 amide bonds. The van der Waals surface area contributed by atoms with Crippen LogP contribution in [0.5, 0.6) is 0 Å². The maximum atomic E-state index is 12.2. The van der Waals surface area contributed by atoms with E-state index in [0.29, 0.717) is 12.3 Å². The number of nitrogens with zero attached hydrogens (tertiary/aromatic N) is 3. The summed E-state index contributed by atoms with van der Waals surface area (Å²) in [6.07, 6.45) is 3.66. The molecule has 0 saturated carbocycles. The first-order valence-corrected chi connectivity index (χ1v) is 12.1. The van der Waals surface area contributed by atoms with Crippen LogP contribution in [-0.2, 0) is 9.53 Å². The Bertz CT molecular complexity index is 743. The van der Waals surface area contributed by atoms with Crippen molar-refractivity contribution in [2.24, 2.45) is 5.92 Å². The Labute approximate surface area is 193 Å². The van der Waals surface area contributed by atoms with Crippen molar-refractivity contribution in [3.05, 3.63) is 24.3 Å². The summed E-state index contributed by atoms with van der Waals surface area (Å²) in [5, 5.41) is 2.90. The van der Waals surface area contributed by atoms with Crippen molar-refractivity contribution in [3.63, 3.8) is 0 Å². The number of piperidine rings is 1. The van der Waals surface area contributed by atoms with Crippen LogP contribution in [0.4, 0.5) is 16.2 Å². The van der Waals surface area contributed by atoms with Gasteiger partial charge in [0.05, 0.1) is 0 Å². The van der Waals surface area contributed by atoms with Gasteiger partial charge in [0.1, 0.15) is 5.60 Å². The van der Waals surface area contributed by atoms with E-state index in [0.717, 1.165) is 64.3 Å². The summed E-state index contributed by atoms with van der Waals surface area (Å²) in [6, 6.07) is 8.16. The Morgan fingerprint density at radius 1 is 1.00 bits per heavy atom. The van der Waals surface area contributed by atoms with Gasteiger partial charge in [-0.2, -0.15) is 0 Å². The molecule has 2 heterocycles. The number of hydrogen-bond donors (Lipinski definition) is 1. The Morgan fingerprint density at radius 2 is 1.62 bits per heavy atom. The minimum atomic E-state index is -0.427. The van der Waals surface area contributed by atoms with Crippen LogP contribution < -0.4 is 10.2 Å². The molecule has 1 aromatic rings. The molecule has 7 nitrogen and oxygen atoms in total. The molecule has 7 heteroatoms. The van der Waals surface area contributed by atoms with Crippen LogP contribution in [0.2, 0.25) is 0 Å². The molecule has 1 aromatic carbocycles. The van der Waals surface area contributed by atoms with E-state index >= 15 is 0 Å². The summed E-state index contributed by atoms with van der Waals surface area (Å²) < 4.78 is 5.50. The van der Waals surface area contributed by atoms with Crippen LogP contribution in [0, 0.1) is 5.92 Å². The van der Waals surface area contributed by atoms with Gasteiger partial charge in [0.2, 0.25) is 5.91 Å². The predicted octanol–water partition coefficient (Wildman–Crippen LogP) is 4.19. The van der Waals surface area contributed by atoms with Crippen LogP contribution >= 0.6 is 0 Å². The minimum Gasteiger partial charge on any atom is -0.444 e. The molecule has 0 aromatic heterocycles. The monoisotopic (exact) mass is 444 g/mol. The molecular weight excluding hydrogens is 404 g/mol. The third-order valence-electron chi connectivity index (χ3n) is 6.33. The predicted molar refractivity (Wildman–Crippen MR) is 129 cm³/mol. The third-order valence-corrected chi connectivity index (χ3v) is 6.33. The second-order valence-corrected chi connectivity index (χ2v) is 9.98. The fourth-order valence-electron chi connectivity index (χ4n) is 4.33. The third kappa shape index (κ3) is 7.40. The quantitative estimate of drug-likeness (QED) is 0.713. The zero-order valence-electron chi connectivity index (χ0n) is 20.2. The lowest BCUT2D eigenvalue weighted by atomic mass is 9.93. The number of piperazine rings is 1. The summed E-state index contributed by atoms with van der Waals surface area (Å²) in [6.45, 7) is 14.6. The van der Waals surface area contributed by atoms with Crippen LogP contribution in [0.15, 0.2) is 24.3 Å². The maximum absolute atomic E-state index is 12.2. The topological polar surface area (TPSA) is 65.1 Å². The van der Waals surface area contributed by atoms with Crippen molar-refractivity contribution in [3.8, 4) is 0 Å². The Morgan fingerprint density at radius 3 is 2.19 bits per heavy atom. The molecule has 0 spiro atoms. The van der Waals surface area contributed by atoms with Crippen LogP contribution in [0.1, 0.15) is 53.4 Å². The molecule has 32 heavy (non-hydrogen) atoms. The van der Waals surface area contributed by atoms with E-state index in [1.807, 2.05) is 44.7 Å². The molecule has 0 unspecified atom stereocenters. The molecule has 1 N–H and O–H groups in total. The fourth-order valence-corrected chi connectivity index (χ4v) is 4.33. The van der Waals surface area contributed by atoms with E-state index in [2.05, 4.69) is 27.2 Å². The van der Waals surface area contributed by atoms with Crippen molar-refractivity contribution < 1.29 is 14.3 Å². The molecule has 2 saturated heterocycles. The number of hydrogen-bond acceptors (Lipinski definition) is 5. The Hall–Kier alpha value is -2.28. The lowest BCUT2D eigenvalue weighted by Crippen LogP contribution is -2.47. The van der Waals surface area contributed by atoms with E-state index in [-0.39, 0.29) is 12.0 Å². The second kappa shape index (κ2) is 11.0.